The fourth-order valence-electron chi connectivity index (χ4n) is 4.68. The van der Waals surface area contributed by atoms with Gasteiger partial charge in [-0.25, -0.2) is 24.6 Å². The Hall–Kier alpha value is -4.69. The van der Waals surface area contributed by atoms with Crippen LogP contribution in [0.3, 0.4) is 0 Å². The second kappa shape index (κ2) is 14.2. The summed E-state index contributed by atoms with van der Waals surface area (Å²) in [5, 5.41) is 14.6. The number of ketones is 1. The van der Waals surface area contributed by atoms with Crippen LogP contribution < -0.4 is 10.7 Å². The van der Waals surface area contributed by atoms with Gasteiger partial charge in [0.2, 0.25) is 11.8 Å². The summed E-state index contributed by atoms with van der Waals surface area (Å²) >= 11 is 12.0. The average Bonchev–Trinajstić information content (AvgIpc) is 3.11. The molecular formula is C28H27Cl2N5O9. The Morgan fingerprint density at radius 1 is 0.977 bits per heavy atom. The third-order valence-electron chi connectivity index (χ3n) is 6.84. The molecule has 0 bridgehead atoms. The van der Waals surface area contributed by atoms with Gasteiger partial charge in [-0.15, -0.1) is 0 Å². The molecule has 2 aromatic carbocycles. The quantitative estimate of drug-likeness (QED) is 0.325. The second-order valence-corrected chi connectivity index (χ2v) is 10.6. The highest BCUT2D eigenvalue weighted by molar-refractivity contribution is 6.39. The van der Waals surface area contributed by atoms with E-state index in [9.17, 15) is 38.7 Å². The molecule has 2 aliphatic heterocycles. The summed E-state index contributed by atoms with van der Waals surface area (Å²) in [6.07, 6.45) is -0.627. The van der Waals surface area contributed by atoms with Crippen molar-refractivity contribution in [2.24, 2.45) is 0 Å². The van der Waals surface area contributed by atoms with Crippen molar-refractivity contribution in [1.82, 2.24) is 25.8 Å². The van der Waals surface area contributed by atoms with E-state index in [2.05, 4.69) is 10.7 Å². The Balaban J connectivity index is 1.49. The van der Waals surface area contributed by atoms with E-state index in [4.69, 9.17) is 27.9 Å². The molecule has 2 saturated heterocycles. The number of benzene rings is 2. The maximum atomic E-state index is 13.6. The highest BCUT2D eigenvalue weighted by Gasteiger charge is 2.44. The zero-order chi connectivity index (χ0) is 32.0. The monoisotopic (exact) mass is 647 g/mol. The van der Waals surface area contributed by atoms with Gasteiger partial charge in [-0.2, -0.15) is 0 Å². The highest BCUT2D eigenvalue weighted by Crippen LogP contribution is 2.26. The van der Waals surface area contributed by atoms with Crippen LogP contribution in [-0.4, -0.2) is 93.4 Å². The molecular weight excluding hydrogens is 621 g/mol. The zero-order valence-electron chi connectivity index (χ0n) is 23.0. The highest BCUT2D eigenvalue weighted by atomic mass is 35.5. The van der Waals surface area contributed by atoms with Gasteiger partial charge in [0.15, 0.2) is 12.4 Å². The summed E-state index contributed by atoms with van der Waals surface area (Å²) in [6.45, 7) is -0.971. The van der Waals surface area contributed by atoms with E-state index in [-0.39, 0.29) is 47.1 Å². The normalized spacial score (nSPS) is 17.2. The number of urea groups is 1. The van der Waals surface area contributed by atoms with E-state index >= 15 is 0 Å². The van der Waals surface area contributed by atoms with Crippen LogP contribution in [0.4, 0.5) is 4.79 Å². The predicted octanol–water partition coefficient (Wildman–Crippen LogP) is 2.06. The summed E-state index contributed by atoms with van der Waals surface area (Å²) in [7, 11) is 0. The number of halogens is 2. The molecule has 2 unspecified atom stereocenters. The first-order valence-electron chi connectivity index (χ1n) is 13.4. The lowest BCUT2D eigenvalue weighted by Gasteiger charge is -2.43. The molecule has 0 radical (unpaired) electrons. The maximum absolute atomic E-state index is 13.6. The van der Waals surface area contributed by atoms with E-state index in [1.54, 1.807) is 18.2 Å². The molecule has 2 aromatic rings. The van der Waals surface area contributed by atoms with Crippen LogP contribution >= 0.6 is 23.2 Å². The SMILES string of the molecule is O=C(O)CC(NC(=O)C1CCCN2C(=O)CCN(NC(=O)c3ccccc3)C(=O)N12)C(=O)COC(=O)c1c(Cl)cccc1Cl. The van der Waals surface area contributed by atoms with Crippen molar-refractivity contribution in [3.05, 3.63) is 69.7 Å². The number of rotatable bonds is 10. The molecule has 16 heteroatoms. The van der Waals surface area contributed by atoms with Crippen molar-refractivity contribution in [2.75, 3.05) is 19.7 Å². The topological polar surface area (TPSA) is 183 Å². The second-order valence-electron chi connectivity index (χ2n) is 9.81. The molecule has 3 N–H and O–H groups in total. The standard InChI is InChI=1S/C28H27Cl2N5O9/c29-17-8-4-9-18(30)24(17)27(42)44-15-21(36)19(14-23(38)39)31-26(41)20-10-5-12-34-22(37)11-13-33(28(43)35(20)34)32-25(40)16-6-2-1-3-7-16/h1-4,6-9,19-20H,5,10-15H2,(H,31,41)(H,32,40)(H,38,39). The first-order valence-corrected chi connectivity index (χ1v) is 14.2. The number of carbonyl (C=O) groups is 7. The lowest BCUT2D eigenvalue weighted by atomic mass is 10.0. The molecule has 44 heavy (non-hydrogen) atoms. The fraction of sp³-hybridized carbons (Fsp3) is 0.321. The Kier molecular flexibility index (Phi) is 10.4. The van der Waals surface area contributed by atoms with Gasteiger partial charge >= 0.3 is 18.0 Å². The fourth-order valence-corrected chi connectivity index (χ4v) is 5.23. The van der Waals surface area contributed by atoms with Crippen LogP contribution in [0.5, 0.6) is 0 Å². The number of hydrogen-bond donors (Lipinski definition) is 3. The van der Waals surface area contributed by atoms with Crippen LogP contribution in [0.25, 0.3) is 0 Å². The Bertz CT molecular complexity index is 1470. The number of carboxylic acid groups (broad SMARTS) is 1. The van der Waals surface area contributed by atoms with Crippen molar-refractivity contribution in [3.63, 3.8) is 0 Å². The Labute approximate surface area is 260 Å². The maximum Gasteiger partial charge on any atom is 0.358 e. The van der Waals surface area contributed by atoms with Crippen LogP contribution in [0, 0.1) is 0 Å². The van der Waals surface area contributed by atoms with Gasteiger partial charge < -0.3 is 15.2 Å². The summed E-state index contributed by atoms with van der Waals surface area (Å²) < 4.78 is 5.00. The van der Waals surface area contributed by atoms with Crippen molar-refractivity contribution in [2.45, 2.75) is 37.8 Å². The minimum Gasteiger partial charge on any atom is -0.481 e. The number of aliphatic carboxylic acids is 1. The molecule has 2 atom stereocenters. The predicted molar refractivity (Wildman–Crippen MR) is 153 cm³/mol. The number of esters is 1. The first kappa shape index (κ1) is 32.2. The number of Topliss-reactive ketones (excluding diaryl/α,β-unsaturated/α-hetero) is 1. The van der Waals surface area contributed by atoms with Crippen LogP contribution in [-0.2, 0) is 23.9 Å². The van der Waals surface area contributed by atoms with Gasteiger partial charge in [-0.05, 0) is 37.1 Å². The molecule has 2 aliphatic rings. The largest absolute Gasteiger partial charge is 0.481 e. The summed E-state index contributed by atoms with van der Waals surface area (Å²) in [6, 6.07) is 8.46. The lowest BCUT2D eigenvalue weighted by molar-refractivity contribution is -0.155. The van der Waals surface area contributed by atoms with Gasteiger partial charge in [0, 0.05) is 18.5 Å². The third-order valence-corrected chi connectivity index (χ3v) is 7.47. The average molecular weight is 648 g/mol. The molecule has 232 valence electrons. The summed E-state index contributed by atoms with van der Waals surface area (Å²) in [5.41, 5.74) is 2.53. The third kappa shape index (κ3) is 7.44. The van der Waals surface area contributed by atoms with Crippen LogP contribution in [0.1, 0.15) is 46.4 Å². The van der Waals surface area contributed by atoms with Crippen LogP contribution in [0.2, 0.25) is 10.0 Å². The Morgan fingerprint density at radius 3 is 2.32 bits per heavy atom. The van der Waals surface area contributed by atoms with E-state index in [1.807, 2.05) is 0 Å². The van der Waals surface area contributed by atoms with Crippen molar-refractivity contribution >= 4 is 64.7 Å². The minimum absolute atomic E-state index is 0.0298. The molecule has 0 aromatic heterocycles. The van der Waals surface area contributed by atoms with E-state index < -0.39 is 66.6 Å². The van der Waals surface area contributed by atoms with Gasteiger partial charge in [-0.3, -0.25) is 29.4 Å². The van der Waals surface area contributed by atoms with Gasteiger partial charge in [0.1, 0.15) is 12.1 Å². The number of nitrogens with one attached hydrogen (secondary N) is 2. The first-order chi connectivity index (χ1) is 21.0. The molecule has 5 amide bonds. The van der Waals surface area contributed by atoms with Gasteiger partial charge in [0.05, 0.1) is 28.6 Å². The Morgan fingerprint density at radius 2 is 1.66 bits per heavy atom. The number of hydrogen-bond acceptors (Lipinski definition) is 8. The molecule has 4 rings (SSSR count). The molecule has 2 fully saturated rings. The molecule has 2 heterocycles. The van der Waals surface area contributed by atoms with Crippen molar-refractivity contribution < 1.29 is 43.4 Å². The van der Waals surface area contributed by atoms with Crippen LogP contribution in [0.15, 0.2) is 48.5 Å². The molecule has 0 saturated carbocycles. The van der Waals surface area contributed by atoms with E-state index in [0.29, 0.717) is 6.42 Å². The van der Waals surface area contributed by atoms with E-state index in [1.165, 1.54) is 30.3 Å². The van der Waals surface area contributed by atoms with Gasteiger partial charge in [0.25, 0.3) is 5.91 Å². The van der Waals surface area contributed by atoms with E-state index in [0.717, 1.165) is 15.0 Å². The smallest absolute Gasteiger partial charge is 0.358 e. The number of nitrogens with zero attached hydrogens (tertiary/aromatic N) is 3. The van der Waals surface area contributed by atoms with Gasteiger partial charge in [-0.1, -0.05) is 47.5 Å². The summed E-state index contributed by atoms with van der Waals surface area (Å²) in [4.78, 5) is 89.7. The summed E-state index contributed by atoms with van der Waals surface area (Å²) in [5.74, 6) is -5.45. The number of amides is 5. The lowest BCUT2D eigenvalue weighted by Crippen LogP contribution is -2.65. The number of carbonyl (C=O) groups excluding carboxylic acids is 6. The number of carboxylic acids is 1. The number of hydrazine groups is 2. The number of ether oxygens (including phenoxy) is 1. The zero-order valence-corrected chi connectivity index (χ0v) is 24.5. The minimum atomic E-state index is -1.66. The number of fused-ring (bicyclic) bond motifs is 1. The molecule has 0 aliphatic carbocycles. The molecule has 0 spiro atoms. The van der Waals surface area contributed by atoms with Crippen molar-refractivity contribution in [3.8, 4) is 0 Å². The molecule has 14 nitrogen and oxygen atoms in total. The van der Waals surface area contributed by atoms with Crippen molar-refractivity contribution in [1.29, 1.82) is 0 Å².